The third-order valence-electron chi connectivity index (χ3n) is 3.68. The lowest BCUT2D eigenvalue weighted by Crippen LogP contribution is -2.08. The molecule has 1 heterocycles. The minimum absolute atomic E-state index is 0.338. The molecule has 0 saturated heterocycles. The normalized spacial score (nSPS) is 14.7. The number of nitrogens with two attached hydrogens (primary N) is 1. The van der Waals surface area contributed by atoms with Crippen LogP contribution in [0.3, 0.4) is 0 Å². The lowest BCUT2D eigenvalue weighted by Gasteiger charge is -2.15. The molecule has 1 unspecified atom stereocenters. The van der Waals surface area contributed by atoms with Crippen molar-refractivity contribution in [2.75, 3.05) is 13.7 Å². The molecule has 0 bridgehead atoms. The molecule has 0 fully saturated rings. The minimum atomic E-state index is 0.338. The molecule has 1 atom stereocenters. The van der Waals surface area contributed by atoms with Crippen LogP contribution in [0.25, 0.3) is 11.3 Å². The number of hydrogen-bond acceptors (Lipinski definition) is 4. The van der Waals surface area contributed by atoms with Crippen molar-refractivity contribution < 1.29 is 4.74 Å². The lowest BCUT2D eigenvalue weighted by atomic mass is 9.93. The fourth-order valence-electron chi connectivity index (χ4n) is 2.43. The van der Waals surface area contributed by atoms with Crippen LogP contribution in [0, 0.1) is 0 Å². The van der Waals surface area contributed by atoms with Gasteiger partial charge in [0.25, 0.3) is 0 Å². The molecule has 2 N–H and O–H groups in total. The molecule has 0 saturated carbocycles. The molecule has 1 aromatic heterocycles. The summed E-state index contributed by atoms with van der Waals surface area (Å²) in [5.74, 6) is 1.23. The number of rotatable bonds is 3. The minimum Gasteiger partial charge on any atom is -0.497 e. The Hall–Kier alpha value is -1.39. The van der Waals surface area contributed by atoms with Gasteiger partial charge in [0, 0.05) is 22.9 Å². The molecule has 0 amide bonds. The van der Waals surface area contributed by atoms with E-state index < -0.39 is 0 Å². The number of thiazole rings is 1. The van der Waals surface area contributed by atoms with Gasteiger partial charge in [-0.15, -0.1) is 11.3 Å². The number of aryl methyl sites for hydroxylation is 2. The SMILES string of the molecule is COc1ccc2c(c1)-c1nc(C(C)CN)sc1CC2. The molecule has 2 aromatic rings. The van der Waals surface area contributed by atoms with Crippen molar-refractivity contribution in [1.29, 1.82) is 0 Å². The van der Waals surface area contributed by atoms with Crippen molar-refractivity contribution in [3.05, 3.63) is 33.6 Å². The standard InChI is InChI=1S/C15H18N2OS/c1-9(8-16)15-17-14-12-7-11(18-2)5-3-10(12)4-6-13(14)19-15/h3,5,7,9H,4,6,8,16H2,1-2H3. The summed E-state index contributed by atoms with van der Waals surface area (Å²) < 4.78 is 5.33. The van der Waals surface area contributed by atoms with E-state index in [1.165, 1.54) is 16.0 Å². The molecular weight excluding hydrogens is 256 g/mol. The van der Waals surface area contributed by atoms with E-state index in [1.54, 1.807) is 7.11 Å². The Morgan fingerprint density at radius 2 is 2.26 bits per heavy atom. The van der Waals surface area contributed by atoms with Crippen LogP contribution in [0.1, 0.15) is 28.3 Å². The van der Waals surface area contributed by atoms with Crippen molar-refractivity contribution in [3.8, 4) is 17.0 Å². The van der Waals surface area contributed by atoms with E-state index >= 15 is 0 Å². The van der Waals surface area contributed by atoms with Crippen LogP contribution in [-0.2, 0) is 12.8 Å². The summed E-state index contributed by atoms with van der Waals surface area (Å²) in [6.07, 6.45) is 2.18. The predicted octanol–water partition coefficient (Wildman–Crippen LogP) is 2.98. The fraction of sp³-hybridized carbons (Fsp3) is 0.400. The maximum Gasteiger partial charge on any atom is 0.119 e. The highest BCUT2D eigenvalue weighted by Crippen LogP contribution is 2.39. The highest BCUT2D eigenvalue weighted by molar-refractivity contribution is 7.12. The van der Waals surface area contributed by atoms with E-state index in [2.05, 4.69) is 19.1 Å². The Morgan fingerprint density at radius 1 is 1.42 bits per heavy atom. The Labute approximate surface area is 117 Å². The number of fused-ring (bicyclic) bond motifs is 3. The van der Waals surface area contributed by atoms with Crippen molar-refractivity contribution in [1.82, 2.24) is 4.98 Å². The highest BCUT2D eigenvalue weighted by Gasteiger charge is 2.22. The monoisotopic (exact) mass is 274 g/mol. The van der Waals surface area contributed by atoms with Gasteiger partial charge >= 0.3 is 0 Å². The zero-order chi connectivity index (χ0) is 13.4. The van der Waals surface area contributed by atoms with Crippen LogP contribution in [0.2, 0.25) is 0 Å². The third kappa shape index (κ3) is 2.15. The van der Waals surface area contributed by atoms with Gasteiger partial charge in [-0.25, -0.2) is 4.98 Å². The molecule has 0 radical (unpaired) electrons. The summed E-state index contributed by atoms with van der Waals surface area (Å²) in [6.45, 7) is 2.79. The van der Waals surface area contributed by atoms with Gasteiger partial charge < -0.3 is 10.5 Å². The summed E-state index contributed by atoms with van der Waals surface area (Å²) in [6, 6.07) is 6.28. The van der Waals surface area contributed by atoms with Crippen LogP contribution >= 0.6 is 11.3 Å². The van der Waals surface area contributed by atoms with Gasteiger partial charge in [-0.05, 0) is 30.5 Å². The second-order valence-electron chi connectivity index (χ2n) is 4.98. The van der Waals surface area contributed by atoms with Gasteiger partial charge in [0.2, 0.25) is 0 Å². The number of aromatic nitrogens is 1. The van der Waals surface area contributed by atoms with E-state index in [1.807, 2.05) is 17.4 Å². The Balaban J connectivity index is 2.09. The molecule has 100 valence electrons. The van der Waals surface area contributed by atoms with Crippen molar-refractivity contribution >= 4 is 11.3 Å². The lowest BCUT2D eigenvalue weighted by molar-refractivity contribution is 0.415. The first-order valence-corrected chi connectivity index (χ1v) is 7.41. The van der Waals surface area contributed by atoms with Crippen LogP contribution in [0.15, 0.2) is 18.2 Å². The summed E-state index contributed by atoms with van der Waals surface area (Å²) in [4.78, 5) is 6.21. The molecular formula is C15H18N2OS. The second-order valence-corrected chi connectivity index (χ2v) is 6.10. The number of hydrogen-bond donors (Lipinski definition) is 1. The number of ether oxygens (including phenoxy) is 1. The van der Waals surface area contributed by atoms with Gasteiger partial charge in [-0.2, -0.15) is 0 Å². The quantitative estimate of drug-likeness (QED) is 0.936. The fourth-order valence-corrected chi connectivity index (χ4v) is 3.57. The van der Waals surface area contributed by atoms with Gasteiger partial charge in [0.15, 0.2) is 0 Å². The topological polar surface area (TPSA) is 48.1 Å². The summed E-state index contributed by atoms with van der Waals surface area (Å²) in [7, 11) is 1.70. The Bertz CT molecular complexity index is 606. The zero-order valence-corrected chi connectivity index (χ0v) is 12.1. The first-order valence-electron chi connectivity index (χ1n) is 6.60. The third-order valence-corrected chi connectivity index (χ3v) is 5.03. The van der Waals surface area contributed by atoms with Gasteiger partial charge in [-0.1, -0.05) is 13.0 Å². The van der Waals surface area contributed by atoms with E-state index in [0.29, 0.717) is 12.5 Å². The van der Waals surface area contributed by atoms with Crippen molar-refractivity contribution in [2.24, 2.45) is 5.73 Å². The van der Waals surface area contributed by atoms with Crippen LogP contribution < -0.4 is 10.5 Å². The van der Waals surface area contributed by atoms with E-state index in [4.69, 9.17) is 15.5 Å². The Kier molecular flexibility index (Phi) is 3.29. The maximum absolute atomic E-state index is 5.75. The average Bonchev–Trinajstić information content (AvgIpc) is 2.90. The molecule has 1 aliphatic carbocycles. The maximum atomic E-state index is 5.75. The number of nitrogens with zero attached hydrogens (tertiary/aromatic N) is 1. The van der Waals surface area contributed by atoms with E-state index in [9.17, 15) is 0 Å². The highest BCUT2D eigenvalue weighted by atomic mass is 32.1. The molecule has 3 nitrogen and oxygen atoms in total. The van der Waals surface area contributed by atoms with Crippen LogP contribution in [-0.4, -0.2) is 18.6 Å². The zero-order valence-electron chi connectivity index (χ0n) is 11.3. The molecule has 1 aromatic carbocycles. The first kappa shape index (κ1) is 12.6. The van der Waals surface area contributed by atoms with E-state index in [-0.39, 0.29) is 0 Å². The smallest absolute Gasteiger partial charge is 0.119 e. The van der Waals surface area contributed by atoms with Crippen molar-refractivity contribution in [3.63, 3.8) is 0 Å². The Morgan fingerprint density at radius 3 is 3.00 bits per heavy atom. The van der Waals surface area contributed by atoms with Gasteiger partial charge in [0.1, 0.15) is 5.75 Å². The molecule has 19 heavy (non-hydrogen) atoms. The number of methoxy groups -OCH3 is 1. The molecule has 3 rings (SSSR count). The molecule has 0 spiro atoms. The summed E-state index contributed by atoms with van der Waals surface area (Å²) >= 11 is 1.81. The average molecular weight is 274 g/mol. The first-order chi connectivity index (χ1) is 9.22. The molecule has 1 aliphatic rings. The molecule has 4 heteroatoms. The van der Waals surface area contributed by atoms with E-state index in [0.717, 1.165) is 29.3 Å². The van der Waals surface area contributed by atoms with Gasteiger partial charge in [-0.3, -0.25) is 0 Å². The predicted molar refractivity (Wildman–Crippen MR) is 79.0 cm³/mol. The second kappa shape index (κ2) is 4.94. The largest absolute Gasteiger partial charge is 0.497 e. The van der Waals surface area contributed by atoms with Crippen LogP contribution in [0.4, 0.5) is 0 Å². The van der Waals surface area contributed by atoms with Crippen LogP contribution in [0.5, 0.6) is 5.75 Å². The number of benzene rings is 1. The van der Waals surface area contributed by atoms with Crippen molar-refractivity contribution in [2.45, 2.75) is 25.7 Å². The van der Waals surface area contributed by atoms with Gasteiger partial charge in [0.05, 0.1) is 17.8 Å². The summed E-state index contributed by atoms with van der Waals surface area (Å²) in [5.41, 5.74) is 9.48. The summed E-state index contributed by atoms with van der Waals surface area (Å²) in [5, 5.41) is 1.16. The molecule has 0 aliphatic heterocycles.